The second-order valence-electron chi connectivity index (χ2n) is 3.27. The van der Waals surface area contributed by atoms with E-state index < -0.39 is 5.97 Å². The Morgan fingerprint density at radius 1 is 1.59 bits per heavy atom. The Kier molecular flexibility index (Phi) is 3.33. The minimum Gasteiger partial charge on any atom is -0.493 e. The lowest BCUT2D eigenvalue weighted by atomic mass is 10.2. The lowest BCUT2D eigenvalue weighted by Crippen LogP contribution is -2.05. The second kappa shape index (κ2) is 4.75. The van der Waals surface area contributed by atoms with Crippen LogP contribution in [0.2, 0.25) is 0 Å². The molecular weight excluding hydrogens is 288 g/mol. The summed E-state index contributed by atoms with van der Waals surface area (Å²) < 4.78 is 12.6. The standard InChI is InChI=1S/C11H11BrN2O3/c1-3-17-11(15)7-6-13-14-5-4-8(12)10(16-2)9(7)14/h4-6H,3H2,1-2H3. The molecule has 0 saturated carbocycles. The third-order valence-corrected chi connectivity index (χ3v) is 2.91. The zero-order valence-corrected chi connectivity index (χ0v) is 11.0. The Morgan fingerprint density at radius 3 is 3.00 bits per heavy atom. The maximum Gasteiger partial charge on any atom is 0.342 e. The van der Waals surface area contributed by atoms with Gasteiger partial charge in [-0.1, -0.05) is 0 Å². The summed E-state index contributed by atoms with van der Waals surface area (Å²) in [5, 5.41) is 4.09. The second-order valence-corrected chi connectivity index (χ2v) is 4.12. The molecular formula is C11H11BrN2O3. The highest BCUT2D eigenvalue weighted by molar-refractivity contribution is 9.10. The van der Waals surface area contributed by atoms with Crippen LogP contribution in [-0.4, -0.2) is 29.3 Å². The van der Waals surface area contributed by atoms with Gasteiger partial charge in [-0.25, -0.2) is 9.31 Å². The van der Waals surface area contributed by atoms with Gasteiger partial charge in [-0.3, -0.25) is 0 Å². The lowest BCUT2D eigenvalue weighted by Gasteiger charge is -2.06. The molecule has 0 aliphatic carbocycles. The maximum absolute atomic E-state index is 11.8. The van der Waals surface area contributed by atoms with Crippen molar-refractivity contribution >= 4 is 27.4 Å². The number of carbonyl (C=O) groups excluding carboxylic acids is 1. The van der Waals surface area contributed by atoms with E-state index >= 15 is 0 Å². The van der Waals surface area contributed by atoms with Gasteiger partial charge in [-0.2, -0.15) is 5.10 Å². The summed E-state index contributed by atoms with van der Waals surface area (Å²) in [5.74, 6) is 0.159. The van der Waals surface area contributed by atoms with Crippen molar-refractivity contribution in [2.24, 2.45) is 0 Å². The topological polar surface area (TPSA) is 52.8 Å². The first-order valence-corrected chi connectivity index (χ1v) is 5.85. The fourth-order valence-corrected chi connectivity index (χ4v) is 2.05. The van der Waals surface area contributed by atoms with Gasteiger partial charge in [-0.15, -0.1) is 0 Å². The Labute approximate surface area is 106 Å². The molecule has 0 fully saturated rings. The van der Waals surface area contributed by atoms with Gasteiger partial charge in [0.25, 0.3) is 0 Å². The number of methoxy groups -OCH3 is 1. The Balaban J connectivity index is 2.65. The first kappa shape index (κ1) is 11.9. The molecule has 0 atom stereocenters. The summed E-state index contributed by atoms with van der Waals surface area (Å²) in [6.45, 7) is 2.09. The minimum atomic E-state index is -0.404. The molecule has 5 nitrogen and oxygen atoms in total. The van der Waals surface area contributed by atoms with Crippen LogP contribution in [-0.2, 0) is 4.74 Å². The summed E-state index contributed by atoms with van der Waals surface area (Å²) in [4.78, 5) is 11.8. The van der Waals surface area contributed by atoms with Crippen LogP contribution in [0.3, 0.4) is 0 Å². The summed E-state index contributed by atoms with van der Waals surface area (Å²) in [6.07, 6.45) is 3.22. The lowest BCUT2D eigenvalue weighted by molar-refractivity contribution is 0.0528. The van der Waals surface area contributed by atoms with Crippen LogP contribution in [0.1, 0.15) is 17.3 Å². The van der Waals surface area contributed by atoms with Crippen molar-refractivity contribution in [3.05, 3.63) is 28.5 Å². The molecule has 0 saturated heterocycles. The minimum absolute atomic E-state index is 0.326. The Hall–Kier alpha value is -1.56. The van der Waals surface area contributed by atoms with Gasteiger partial charge >= 0.3 is 5.97 Å². The molecule has 0 amide bonds. The van der Waals surface area contributed by atoms with Crippen molar-refractivity contribution in [3.8, 4) is 5.75 Å². The highest BCUT2D eigenvalue weighted by Gasteiger charge is 2.19. The summed E-state index contributed by atoms with van der Waals surface area (Å²) >= 11 is 3.37. The molecule has 90 valence electrons. The van der Waals surface area contributed by atoms with Gasteiger partial charge in [0.2, 0.25) is 0 Å². The van der Waals surface area contributed by atoms with E-state index in [4.69, 9.17) is 9.47 Å². The third kappa shape index (κ3) is 2.00. The van der Waals surface area contributed by atoms with E-state index in [-0.39, 0.29) is 0 Å². The first-order chi connectivity index (χ1) is 8.19. The van der Waals surface area contributed by atoms with Crippen molar-refractivity contribution < 1.29 is 14.3 Å². The molecule has 0 bridgehead atoms. The van der Waals surface area contributed by atoms with E-state index in [0.717, 1.165) is 4.47 Å². The van der Waals surface area contributed by atoms with Crippen molar-refractivity contribution in [1.82, 2.24) is 9.61 Å². The highest BCUT2D eigenvalue weighted by Crippen LogP contribution is 2.31. The van der Waals surface area contributed by atoms with Crippen LogP contribution in [0.25, 0.3) is 5.52 Å². The number of aromatic nitrogens is 2. The van der Waals surface area contributed by atoms with Crippen LogP contribution >= 0.6 is 15.9 Å². The number of nitrogens with zero attached hydrogens (tertiary/aromatic N) is 2. The predicted molar refractivity (Wildman–Crippen MR) is 65.4 cm³/mol. The number of rotatable bonds is 3. The quantitative estimate of drug-likeness (QED) is 0.816. The number of halogens is 1. The van der Waals surface area contributed by atoms with Crippen LogP contribution in [0.4, 0.5) is 0 Å². The molecule has 6 heteroatoms. The van der Waals surface area contributed by atoms with Gasteiger partial charge in [0, 0.05) is 6.20 Å². The fraction of sp³-hybridized carbons (Fsp3) is 0.273. The molecule has 0 N–H and O–H groups in total. The van der Waals surface area contributed by atoms with Crippen LogP contribution < -0.4 is 4.74 Å². The molecule has 2 rings (SSSR count). The Bertz CT molecular complexity index is 565. The molecule has 0 radical (unpaired) electrons. The molecule has 2 aromatic rings. The van der Waals surface area contributed by atoms with Gasteiger partial charge in [0.1, 0.15) is 11.1 Å². The zero-order valence-electron chi connectivity index (χ0n) is 9.44. The maximum atomic E-state index is 11.8. The smallest absolute Gasteiger partial charge is 0.342 e. The molecule has 0 aromatic carbocycles. The molecule has 0 spiro atoms. The van der Waals surface area contributed by atoms with E-state index in [9.17, 15) is 4.79 Å². The van der Waals surface area contributed by atoms with E-state index in [1.165, 1.54) is 6.20 Å². The van der Waals surface area contributed by atoms with Crippen LogP contribution in [0.5, 0.6) is 5.75 Å². The van der Waals surface area contributed by atoms with E-state index in [1.807, 2.05) is 0 Å². The average molecular weight is 299 g/mol. The normalized spacial score (nSPS) is 10.5. The fourth-order valence-electron chi connectivity index (χ4n) is 1.58. The SMILES string of the molecule is CCOC(=O)c1cnn2ccc(Br)c(OC)c12. The predicted octanol–water partition coefficient (Wildman–Crippen LogP) is 2.28. The Morgan fingerprint density at radius 2 is 2.35 bits per heavy atom. The number of carbonyl (C=O) groups is 1. The molecule has 2 heterocycles. The van der Waals surface area contributed by atoms with E-state index in [1.54, 1.807) is 30.8 Å². The zero-order chi connectivity index (χ0) is 12.4. The van der Waals surface area contributed by atoms with Crippen LogP contribution in [0, 0.1) is 0 Å². The summed E-state index contributed by atoms with van der Waals surface area (Å²) in [6, 6.07) is 1.80. The number of ether oxygens (including phenoxy) is 2. The highest BCUT2D eigenvalue weighted by atomic mass is 79.9. The van der Waals surface area contributed by atoms with E-state index in [0.29, 0.717) is 23.4 Å². The third-order valence-electron chi connectivity index (χ3n) is 2.29. The monoisotopic (exact) mass is 298 g/mol. The molecule has 17 heavy (non-hydrogen) atoms. The average Bonchev–Trinajstić information content (AvgIpc) is 2.73. The van der Waals surface area contributed by atoms with Gasteiger partial charge in [0.05, 0.1) is 24.4 Å². The van der Waals surface area contributed by atoms with Crippen LogP contribution in [0.15, 0.2) is 22.9 Å². The molecule has 0 aliphatic heterocycles. The summed E-state index contributed by atoms with van der Waals surface area (Å²) in [5.41, 5.74) is 0.991. The number of fused-ring (bicyclic) bond motifs is 1. The van der Waals surface area contributed by atoms with Crippen molar-refractivity contribution in [2.45, 2.75) is 6.92 Å². The van der Waals surface area contributed by atoms with Gasteiger partial charge in [-0.05, 0) is 28.9 Å². The molecule has 2 aromatic heterocycles. The number of esters is 1. The van der Waals surface area contributed by atoms with Crippen molar-refractivity contribution in [3.63, 3.8) is 0 Å². The molecule has 0 unspecified atom stereocenters. The van der Waals surface area contributed by atoms with Crippen molar-refractivity contribution in [2.75, 3.05) is 13.7 Å². The van der Waals surface area contributed by atoms with E-state index in [2.05, 4.69) is 21.0 Å². The number of hydrogen-bond donors (Lipinski definition) is 0. The molecule has 0 aliphatic rings. The largest absolute Gasteiger partial charge is 0.493 e. The van der Waals surface area contributed by atoms with Crippen molar-refractivity contribution in [1.29, 1.82) is 0 Å². The number of pyridine rings is 1. The van der Waals surface area contributed by atoms with Gasteiger partial charge in [0.15, 0.2) is 5.75 Å². The first-order valence-electron chi connectivity index (χ1n) is 5.06. The summed E-state index contributed by atoms with van der Waals surface area (Å²) in [7, 11) is 1.54. The number of hydrogen-bond acceptors (Lipinski definition) is 4. The van der Waals surface area contributed by atoms with Gasteiger partial charge < -0.3 is 9.47 Å².